The van der Waals surface area contributed by atoms with E-state index in [0.29, 0.717) is 5.75 Å². The van der Waals surface area contributed by atoms with E-state index in [1.165, 1.54) is 5.56 Å². The highest BCUT2D eigenvalue weighted by Gasteiger charge is 2.26. The van der Waals surface area contributed by atoms with Crippen LogP contribution in [0.25, 0.3) is 0 Å². The van der Waals surface area contributed by atoms with Crippen LogP contribution in [0.5, 0.6) is 5.75 Å². The maximum Gasteiger partial charge on any atom is 0.116 e. The predicted molar refractivity (Wildman–Crippen MR) is 49.5 cm³/mol. The fraction of sp³-hybridized carbons (Fsp3) is 0.400. The van der Waals surface area contributed by atoms with Crippen LogP contribution in [0, 0.1) is 0 Å². The summed E-state index contributed by atoms with van der Waals surface area (Å²) in [5.41, 5.74) is 2.49. The predicted octanol–water partition coefficient (Wildman–Crippen LogP) is 2.14. The molecule has 1 heterocycles. The highest BCUT2D eigenvalue weighted by Crippen LogP contribution is 2.33. The van der Waals surface area contributed by atoms with Gasteiger partial charge in [0.25, 0.3) is 0 Å². The van der Waals surface area contributed by atoms with E-state index in [1.807, 2.05) is 12.1 Å². The summed E-state index contributed by atoms with van der Waals surface area (Å²) in [6, 6.07) is 5.48. The molecular formula is C10H13NO. The average molecular weight is 163 g/mol. The zero-order valence-corrected chi connectivity index (χ0v) is 7.39. The van der Waals surface area contributed by atoms with E-state index in [-0.39, 0.29) is 5.54 Å². The summed E-state index contributed by atoms with van der Waals surface area (Å²) >= 11 is 0. The van der Waals surface area contributed by atoms with Gasteiger partial charge in [0.1, 0.15) is 5.75 Å². The number of anilines is 1. The summed E-state index contributed by atoms with van der Waals surface area (Å²) in [6.45, 7) is 4.31. The van der Waals surface area contributed by atoms with Crippen LogP contribution in [0.15, 0.2) is 18.2 Å². The number of phenols is 1. The van der Waals surface area contributed by atoms with Crippen molar-refractivity contribution in [2.24, 2.45) is 0 Å². The van der Waals surface area contributed by atoms with E-state index >= 15 is 0 Å². The number of benzene rings is 1. The molecule has 1 aliphatic heterocycles. The van der Waals surface area contributed by atoms with E-state index < -0.39 is 0 Å². The molecule has 0 atom stereocenters. The molecule has 1 aromatic rings. The molecule has 2 heteroatoms. The lowest BCUT2D eigenvalue weighted by atomic mass is 10.0. The topological polar surface area (TPSA) is 32.3 Å². The van der Waals surface area contributed by atoms with Crippen molar-refractivity contribution in [2.45, 2.75) is 25.8 Å². The van der Waals surface area contributed by atoms with Gasteiger partial charge in [-0.1, -0.05) is 0 Å². The molecule has 0 aliphatic carbocycles. The first-order chi connectivity index (χ1) is 5.57. The van der Waals surface area contributed by atoms with Crippen molar-refractivity contribution >= 4 is 5.69 Å². The van der Waals surface area contributed by atoms with Crippen LogP contribution < -0.4 is 5.32 Å². The lowest BCUT2D eigenvalue weighted by Gasteiger charge is -2.17. The first-order valence-electron chi connectivity index (χ1n) is 4.17. The fourth-order valence-corrected chi connectivity index (χ4v) is 1.73. The zero-order chi connectivity index (χ0) is 8.77. The van der Waals surface area contributed by atoms with Crippen molar-refractivity contribution in [1.82, 2.24) is 0 Å². The molecule has 2 nitrogen and oxygen atoms in total. The molecule has 64 valence electrons. The van der Waals surface area contributed by atoms with Gasteiger partial charge in [-0.05, 0) is 44.0 Å². The van der Waals surface area contributed by atoms with Crippen molar-refractivity contribution in [1.29, 1.82) is 0 Å². The Bertz CT molecular complexity index is 318. The van der Waals surface area contributed by atoms with Crippen molar-refractivity contribution in [3.8, 4) is 5.75 Å². The first-order valence-corrected chi connectivity index (χ1v) is 4.17. The summed E-state index contributed by atoms with van der Waals surface area (Å²) in [7, 11) is 0. The summed E-state index contributed by atoms with van der Waals surface area (Å²) in [5, 5.41) is 12.6. The molecule has 0 saturated carbocycles. The van der Waals surface area contributed by atoms with E-state index in [1.54, 1.807) is 6.07 Å². The Morgan fingerprint density at radius 1 is 1.42 bits per heavy atom. The lowest BCUT2D eigenvalue weighted by molar-refractivity contribution is 0.474. The molecule has 0 fully saturated rings. The molecule has 0 saturated heterocycles. The molecule has 12 heavy (non-hydrogen) atoms. The summed E-state index contributed by atoms with van der Waals surface area (Å²) in [6.07, 6.45) is 0.983. The number of fused-ring (bicyclic) bond motifs is 1. The van der Waals surface area contributed by atoms with Gasteiger partial charge in [-0.3, -0.25) is 0 Å². The number of nitrogens with one attached hydrogen (secondary N) is 1. The maximum atomic E-state index is 9.24. The van der Waals surface area contributed by atoms with Crippen molar-refractivity contribution in [3.63, 3.8) is 0 Å². The van der Waals surface area contributed by atoms with Gasteiger partial charge in [0.2, 0.25) is 0 Å². The summed E-state index contributed by atoms with van der Waals surface area (Å²) in [4.78, 5) is 0. The van der Waals surface area contributed by atoms with Crippen LogP contribution in [0.4, 0.5) is 5.69 Å². The van der Waals surface area contributed by atoms with Gasteiger partial charge in [0.05, 0.1) is 0 Å². The molecule has 0 unspecified atom stereocenters. The molecule has 0 aromatic heterocycles. The van der Waals surface area contributed by atoms with Gasteiger partial charge >= 0.3 is 0 Å². The third-order valence-electron chi connectivity index (χ3n) is 2.19. The Hall–Kier alpha value is -1.18. The Morgan fingerprint density at radius 2 is 2.17 bits per heavy atom. The molecule has 0 radical (unpaired) electrons. The highest BCUT2D eigenvalue weighted by atomic mass is 16.3. The monoisotopic (exact) mass is 163 g/mol. The number of hydrogen-bond acceptors (Lipinski definition) is 2. The molecule has 1 aromatic carbocycles. The van der Waals surface area contributed by atoms with Crippen LogP contribution in [0.1, 0.15) is 19.4 Å². The molecule has 1 aliphatic rings. The van der Waals surface area contributed by atoms with Crippen LogP contribution in [0.2, 0.25) is 0 Å². The zero-order valence-electron chi connectivity index (χ0n) is 7.39. The number of rotatable bonds is 0. The third-order valence-corrected chi connectivity index (χ3v) is 2.19. The van der Waals surface area contributed by atoms with Crippen molar-refractivity contribution < 1.29 is 5.11 Å². The summed E-state index contributed by atoms with van der Waals surface area (Å²) in [5.74, 6) is 0.355. The van der Waals surface area contributed by atoms with Gasteiger partial charge in [-0.25, -0.2) is 0 Å². The Labute approximate surface area is 72.2 Å². The molecular weight excluding hydrogens is 150 g/mol. The van der Waals surface area contributed by atoms with E-state index in [0.717, 1.165) is 12.1 Å². The van der Waals surface area contributed by atoms with Gasteiger partial charge in [-0.15, -0.1) is 0 Å². The minimum atomic E-state index is 0.135. The number of aromatic hydroxyl groups is 1. The van der Waals surface area contributed by atoms with E-state index in [2.05, 4.69) is 19.2 Å². The molecule has 2 N–H and O–H groups in total. The third kappa shape index (κ3) is 1.13. The smallest absolute Gasteiger partial charge is 0.116 e. The Balaban J connectivity index is 2.43. The Morgan fingerprint density at radius 3 is 2.92 bits per heavy atom. The van der Waals surface area contributed by atoms with E-state index in [4.69, 9.17) is 0 Å². The van der Waals surface area contributed by atoms with Gasteiger partial charge in [-0.2, -0.15) is 0 Å². The summed E-state index contributed by atoms with van der Waals surface area (Å²) < 4.78 is 0. The maximum absolute atomic E-state index is 9.24. The minimum Gasteiger partial charge on any atom is -0.508 e. The van der Waals surface area contributed by atoms with Gasteiger partial charge in [0, 0.05) is 11.2 Å². The first kappa shape index (κ1) is 7.47. The average Bonchev–Trinajstić information content (AvgIpc) is 2.21. The number of hydrogen-bond donors (Lipinski definition) is 2. The van der Waals surface area contributed by atoms with Gasteiger partial charge < -0.3 is 10.4 Å². The van der Waals surface area contributed by atoms with Gasteiger partial charge in [0.15, 0.2) is 0 Å². The quantitative estimate of drug-likeness (QED) is 0.574. The second-order valence-electron chi connectivity index (χ2n) is 4.03. The van der Waals surface area contributed by atoms with Crippen LogP contribution in [-0.4, -0.2) is 10.6 Å². The largest absolute Gasteiger partial charge is 0.508 e. The van der Waals surface area contributed by atoms with Crippen molar-refractivity contribution in [3.05, 3.63) is 23.8 Å². The number of phenolic OH excluding ortho intramolecular Hbond substituents is 1. The minimum absolute atomic E-state index is 0.135. The van der Waals surface area contributed by atoms with Crippen LogP contribution in [-0.2, 0) is 6.42 Å². The van der Waals surface area contributed by atoms with Crippen LogP contribution in [0.3, 0.4) is 0 Å². The molecule has 0 spiro atoms. The fourth-order valence-electron chi connectivity index (χ4n) is 1.73. The molecule has 0 bridgehead atoms. The SMILES string of the molecule is CC1(C)Cc2cc(O)ccc2N1. The second kappa shape index (κ2) is 2.16. The highest BCUT2D eigenvalue weighted by molar-refractivity contribution is 5.60. The normalized spacial score (nSPS) is 18.5. The Kier molecular flexibility index (Phi) is 1.34. The van der Waals surface area contributed by atoms with Crippen LogP contribution >= 0.6 is 0 Å². The molecule has 0 amide bonds. The lowest BCUT2D eigenvalue weighted by Crippen LogP contribution is -2.26. The standard InChI is InChI=1S/C10H13NO/c1-10(2)6-7-5-8(12)3-4-9(7)11-10/h3-5,11-12H,6H2,1-2H3. The van der Waals surface area contributed by atoms with Crippen molar-refractivity contribution in [2.75, 3.05) is 5.32 Å². The second-order valence-corrected chi connectivity index (χ2v) is 4.03. The van der Waals surface area contributed by atoms with E-state index in [9.17, 15) is 5.11 Å². The molecule has 2 rings (SSSR count).